The first kappa shape index (κ1) is 17.9. The van der Waals surface area contributed by atoms with Gasteiger partial charge in [-0.1, -0.05) is 13.0 Å². The lowest BCUT2D eigenvalue weighted by atomic mass is 10.0. The number of carboxylic acid groups (broad SMARTS) is 1. The summed E-state index contributed by atoms with van der Waals surface area (Å²) in [5, 5.41) is 9.48. The van der Waals surface area contributed by atoms with Crippen molar-refractivity contribution < 1.29 is 18.3 Å². The molecular weight excluding hydrogens is 330 g/mol. The van der Waals surface area contributed by atoms with E-state index in [1.54, 1.807) is 30.2 Å². The number of sulfonamides is 1. The van der Waals surface area contributed by atoms with Crippen molar-refractivity contribution in [3.8, 4) is 11.1 Å². The summed E-state index contributed by atoms with van der Waals surface area (Å²) in [5.41, 5.74) is 1.01. The molecule has 0 atom stereocenters. The number of carboxylic acids is 1. The van der Waals surface area contributed by atoms with Gasteiger partial charge >= 0.3 is 5.97 Å². The fraction of sp³-hybridized carbons (Fsp3) is 0.250. The highest BCUT2D eigenvalue weighted by Crippen LogP contribution is 2.28. The first-order chi connectivity index (χ1) is 11.3. The third-order valence-corrected chi connectivity index (χ3v) is 4.92. The van der Waals surface area contributed by atoms with Crippen molar-refractivity contribution in [1.29, 1.82) is 0 Å². The number of rotatable bonds is 6. The van der Waals surface area contributed by atoms with Gasteiger partial charge < -0.3 is 10.0 Å². The topological polar surface area (TPSA) is 99.6 Å². The molecule has 0 unspecified atom stereocenters. The second-order valence-corrected chi connectivity index (χ2v) is 7.08. The largest absolute Gasteiger partial charge is 0.478 e. The minimum absolute atomic E-state index is 0.0765. The summed E-state index contributed by atoms with van der Waals surface area (Å²) < 4.78 is 26.5. The van der Waals surface area contributed by atoms with Crippen LogP contribution in [0.5, 0.6) is 0 Å². The molecule has 0 aliphatic carbocycles. The summed E-state index contributed by atoms with van der Waals surface area (Å²) in [7, 11) is -0.0615. The lowest BCUT2D eigenvalue weighted by molar-refractivity contribution is 0.0697. The molecule has 128 valence electrons. The van der Waals surface area contributed by atoms with Crippen LogP contribution >= 0.6 is 0 Å². The predicted molar refractivity (Wildman–Crippen MR) is 91.8 cm³/mol. The number of benzene rings is 1. The summed E-state index contributed by atoms with van der Waals surface area (Å²) in [6.07, 6.45) is 1.58. The van der Waals surface area contributed by atoms with Gasteiger partial charge in [0.05, 0.1) is 10.5 Å². The molecule has 1 heterocycles. The molecule has 2 aromatic rings. The third kappa shape index (κ3) is 3.72. The highest BCUT2D eigenvalue weighted by molar-refractivity contribution is 7.89. The Morgan fingerprint density at radius 3 is 2.54 bits per heavy atom. The summed E-state index contributed by atoms with van der Waals surface area (Å²) in [4.78, 5) is 17.5. The average Bonchev–Trinajstić information content (AvgIpc) is 2.54. The number of aromatic carboxylic acids is 1. The van der Waals surface area contributed by atoms with Gasteiger partial charge in [0, 0.05) is 26.8 Å². The number of nitrogens with zero attached hydrogens (tertiary/aromatic N) is 2. The number of anilines is 1. The summed E-state index contributed by atoms with van der Waals surface area (Å²) in [5.74, 6) is -0.519. The summed E-state index contributed by atoms with van der Waals surface area (Å²) in [6, 6.07) is 7.51. The van der Waals surface area contributed by atoms with Crippen LogP contribution in [-0.4, -0.2) is 45.1 Å². The molecule has 7 nitrogen and oxygen atoms in total. The first-order valence-corrected chi connectivity index (χ1v) is 8.75. The molecule has 0 spiro atoms. The molecule has 0 aliphatic rings. The normalized spacial score (nSPS) is 11.3. The van der Waals surface area contributed by atoms with Crippen molar-refractivity contribution in [2.75, 3.05) is 25.5 Å². The van der Waals surface area contributed by atoms with E-state index in [1.807, 2.05) is 14.1 Å². The van der Waals surface area contributed by atoms with Crippen LogP contribution in [0, 0.1) is 0 Å². The van der Waals surface area contributed by atoms with Gasteiger partial charge in [0.2, 0.25) is 10.0 Å². The minimum atomic E-state index is -3.72. The first-order valence-electron chi connectivity index (χ1n) is 7.27. The number of pyridine rings is 1. The number of hydrogen-bond acceptors (Lipinski definition) is 5. The van der Waals surface area contributed by atoms with Crippen molar-refractivity contribution in [2.45, 2.75) is 11.8 Å². The molecule has 2 N–H and O–H groups in total. The number of nitrogens with one attached hydrogen (secondary N) is 1. The van der Waals surface area contributed by atoms with Gasteiger partial charge in [-0.2, -0.15) is 0 Å². The Bertz CT molecular complexity index is 863. The standard InChI is InChI=1S/C16H19N3O4S/c1-4-18-24(22,23)12-5-6-13(14(10-12)16(20)21)11-7-8-17-15(9-11)19(2)3/h5-10,18H,4H2,1-3H3,(H,20,21). The summed E-state index contributed by atoms with van der Waals surface area (Å²) >= 11 is 0. The van der Waals surface area contributed by atoms with Crippen LogP contribution in [0.4, 0.5) is 5.82 Å². The third-order valence-electron chi connectivity index (χ3n) is 3.38. The Morgan fingerprint density at radius 2 is 1.96 bits per heavy atom. The van der Waals surface area contributed by atoms with E-state index >= 15 is 0 Å². The van der Waals surface area contributed by atoms with Gasteiger partial charge in [0.25, 0.3) is 0 Å². The van der Waals surface area contributed by atoms with E-state index in [2.05, 4.69) is 9.71 Å². The number of hydrogen-bond donors (Lipinski definition) is 2. The van der Waals surface area contributed by atoms with Crippen molar-refractivity contribution in [1.82, 2.24) is 9.71 Å². The molecule has 0 bridgehead atoms. The van der Waals surface area contributed by atoms with Crippen LogP contribution < -0.4 is 9.62 Å². The SMILES string of the molecule is CCNS(=O)(=O)c1ccc(-c2ccnc(N(C)C)c2)c(C(=O)O)c1. The van der Waals surface area contributed by atoms with Gasteiger partial charge in [-0.05, 0) is 35.4 Å². The molecule has 0 fully saturated rings. The minimum Gasteiger partial charge on any atom is -0.478 e. The lowest BCUT2D eigenvalue weighted by Gasteiger charge is -2.14. The molecule has 0 amide bonds. The van der Waals surface area contributed by atoms with Crippen LogP contribution in [0.3, 0.4) is 0 Å². The van der Waals surface area contributed by atoms with Gasteiger partial charge in [0.1, 0.15) is 5.82 Å². The van der Waals surface area contributed by atoms with Crippen molar-refractivity contribution in [3.63, 3.8) is 0 Å². The van der Waals surface area contributed by atoms with Crippen molar-refractivity contribution in [2.24, 2.45) is 0 Å². The van der Waals surface area contributed by atoms with Crippen LogP contribution in [0.25, 0.3) is 11.1 Å². The molecule has 24 heavy (non-hydrogen) atoms. The van der Waals surface area contributed by atoms with E-state index in [0.29, 0.717) is 16.9 Å². The van der Waals surface area contributed by atoms with Crippen molar-refractivity contribution >= 4 is 21.8 Å². The van der Waals surface area contributed by atoms with Crippen LogP contribution in [0.1, 0.15) is 17.3 Å². The quantitative estimate of drug-likeness (QED) is 0.825. The number of aromatic nitrogens is 1. The highest BCUT2D eigenvalue weighted by Gasteiger charge is 2.19. The van der Waals surface area contributed by atoms with Crippen LogP contribution in [-0.2, 0) is 10.0 Å². The zero-order valence-electron chi connectivity index (χ0n) is 13.6. The Kier molecular flexibility index (Phi) is 5.20. The number of carbonyl (C=O) groups is 1. The van der Waals surface area contributed by atoms with Gasteiger partial charge in [-0.3, -0.25) is 0 Å². The van der Waals surface area contributed by atoms with E-state index in [-0.39, 0.29) is 17.0 Å². The zero-order chi connectivity index (χ0) is 17.9. The molecule has 2 rings (SSSR count). The second-order valence-electron chi connectivity index (χ2n) is 5.31. The molecule has 0 saturated heterocycles. The molecular formula is C16H19N3O4S. The zero-order valence-corrected chi connectivity index (χ0v) is 14.5. The molecule has 0 saturated carbocycles. The van der Waals surface area contributed by atoms with Gasteiger partial charge in [-0.15, -0.1) is 0 Å². The predicted octanol–water partition coefficient (Wildman–Crippen LogP) is 1.81. The Balaban J connectivity index is 2.60. The van der Waals surface area contributed by atoms with Gasteiger partial charge in [-0.25, -0.2) is 22.9 Å². The van der Waals surface area contributed by atoms with Crippen LogP contribution in [0.15, 0.2) is 41.4 Å². The summed E-state index contributed by atoms with van der Waals surface area (Å²) in [6.45, 7) is 1.88. The van der Waals surface area contributed by atoms with E-state index in [4.69, 9.17) is 0 Å². The van der Waals surface area contributed by atoms with Crippen molar-refractivity contribution in [3.05, 3.63) is 42.1 Å². The van der Waals surface area contributed by atoms with E-state index in [1.165, 1.54) is 18.2 Å². The van der Waals surface area contributed by atoms with E-state index in [0.717, 1.165) is 0 Å². The molecule has 0 radical (unpaired) electrons. The Hall–Kier alpha value is -2.45. The lowest BCUT2D eigenvalue weighted by Crippen LogP contribution is -2.23. The second kappa shape index (κ2) is 6.98. The fourth-order valence-electron chi connectivity index (χ4n) is 2.22. The molecule has 8 heteroatoms. The highest BCUT2D eigenvalue weighted by atomic mass is 32.2. The van der Waals surface area contributed by atoms with Gasteiger partial charge in [0.15, 0.2) is 0 Å². The fourth-order valence-corrected chi connectivity index (χ4v) is 3.29. The van der Waals surface area contributed by atoms with Crippen LogP contribution in [0.2, 0.25) is 0 Å². The average molecular weight is 349 g/mol. The molecule has 1 aromatic carbocycles. The van der Waals surface area contributed by atoms with E-state index < -0.39 is 16.0 Å². The maximum Gasteiger partial charge on any atom is 0.336 e. The Morgan fingerprint density at radius 1 is 1.25 bits per heavy atom. The Labute approximate surface area is 141 Å². The molecule has 0 aliphatic heterocycles. The monoisotopic (exact) mass is 349 g/mol. The molecule has 1 aromatic heterocycles. The van der Waals surface area contributed by atoms with E-state index in [9.17, 15) is 18.3 Å². The maximum absolute atomic E-state index is 12.1. The smallest absolute Gasteiger partial charge is 0.336 e. The maximum atomic E-state index is 12.1.